The summed E-state index contributed by atoms with van der Waals surface area (Å²) in [5.41, 5.74) is 8.16. The maximum absolute atomic E-state index is 6.33. The zero-order valence-corrected chi connectivity index (χ0v) is 19.1. The largest absolute Gasteiger partial charge is 0.437 e. The maximum atomic E-state index is 6.33. The van der Waals surface area contributed by atoms with Crippen LogP contribution in [0, 0.1) is 13.8 Å². The van der Waals surface area contributed by atoms with Crippen molar-refractivity contribution in [3.63, 3.8) is 0 Å². The van der Waals surface area contributed by atoms with E-state index in [1.807, 2.05) is 13.0 Å². The Kier molecular flexibility index (Phi) is 4.58. The van der Waals surface area contributed by atoms with Crippen LogP contribution in [0.1, 0.15) is 62.0 Å². The first kappa shape index (κ1) is 19.7. The molecule has 156 valence electrons. The van der Waals surface area contributed by atoms with Gasteiger partial charge >= 0.3 is 0 Å². The van der Waals surface area contributed by atoms with Crippen LogP contribution in [0.25, 0.3) is 44.1 Å². The van der Waals surface area contributed by atoms with Crippen LogP contribution in [0.15, 0.2) is 52.9 Å². The average molecular weight is 409 g/mol. The highest BCUT2D eigenvalue weighted by molar-refractivity contribution is 6.11. The topological polar surface area (TPSA) is 38.9 Å². The Labute approximate surface area is 183 Å². The van der Waals surface area contributed by atoms with Crippen molar-refractivity contribution in [2.24, 2.45) is 0 Å². The van der Waals surface area contributed by atoms with Crippen molar-refractivity contribution < 1.29 is 4.42 Å². The Morgan fingerprint density at radius 1 is 0.742 bits per heavy atom. The number of fused-ring (bicyclic) bond motifs is 4. The van der Waals surface area contributed by atoms with Crippen molar-refractivity contribution in [1.29, 1.82) is 0 Å². The van der Waals surface area contributed by atoms with Crippen LogP contribution in [-0.4, -0.2) is 9.97 Å². The predicted molar refractivity (Wildman–Crippen MR) is 130 cm³/mol. The number of rotatable bonds is 3. The Balaban J connectivity index is 1.89. The summed E-state index contributed by atoms with van der Waals surface area (Å²) in [6.07, 6.45) is 0. The maximum Gasteiger partial charge on any atom is 0.227 e. The predicted octanol–water partition coefficient (Wildman–Crippen LogP) is 8.06. The molecule has 3 aromatic heterocycles. The van der Waals surface area contributed by atoms with Crippen LogP contribution in [0.3, 0.4) is 0 Å². The third-order valence-corrected chi connectivity index (χ3v) is 6.11. The molecule has 0 amide bonds. The zero-order chi connectivity index (χ0) is 21.9. The molecule has 0 bridgehead atoms. The standard InChI is InChI=1S/C28H28N2O/c1-15(2)19-8-10-21-20(13-19)14-25(16(3)4)30-26(21)24-12-17(5)11-23-22-9-7-18(6)29-28(22)31-27(23)24/h7-16H,1-6H3. The van der Waals surface area contributed by atoms with E-state index in [0.29, 0.717) is 17.5 Å². The summed E-state index contributed by atoms with van der Waals surface area (Å²) in [7, 11) is 0. The minimum atomic E-state index is 0.339. The van der Waals surface area contributed by atoms with Crippen molar-refractivity contribution in [1.82, 2.24) is 9.97 Å². The number of hydrogen-bond acceptors (Lipinski definition) is 3. The number of furan rings is 1. The molecular weight excluding hydrogens is 380 g/mol. The fourth-order valence-electron chi connectivity index (χ4n) is 4.33. The molecule has 3 heterocycles. The van der Waals surface area contributed by atoms with E-state index in [1.165, 1.54) is 16.5 Å². The molecule has 5 rings (SSSR count). The van der Waals surface area contributed by atoms with E-state index in [0.717, 1.165) is 44.4 Å². The number of aryl methyl sites for hydroxylation is 2. The smallest absolute Gasteiger partial charge is 0.227 e. The van der Waals surface area contributed by atoms with Gasteiger partial charge in [0.1, 0.15) is 5.58 Å². The second-order valence-corrected chi connectivity index (χ2v) is 9.28. The molecule has 0 spiro atoms. The Bertz CT molecular complexity index is 1450. The molecule has 0 aliphatic carbocycles. The molecule has 2 aromatic carbocycles. The molecule has 0 unspecified atom stereocenters. The Hall–Kier alpha value is -3.20. The number of aromatic nitrogens is 2. The third-order valence-electron chi connectivity index (χ3n) is 6.11. The molecule has 0 N–H and O–H groups in total. The van der Waals surface area contributed by atoms with Crippen LogP contribution < -0.4 is 0 Å². The fourth-order valence-corrected chi connectivity index (χ4v) is 4.33. The summed E-state index contributed by atoms with van der Waals surface area (Å²) >= 11 is 0. The van der Waals surface area contributed by atoms with Crippen molar-refractivity contribution in [2.75, 3.05) is 0 Å². The molecule has 0 atom stereocenters. The normalized spacial score (nSPS) is 12.1. The minimum Gasteiger partial charge on any atom is -0.437 e. The number of pyridine rings is 2. The van der Waals surface area contributed by atoms with Gasteiger partial charge in [-0.15, -0.1) is 0 Å². The van der Waals surface area contributed by atoms with E-state index < -0.39 is 0 Å². The lowest BCUT2D eigenvalue weighted by molar-refractivity contribution is 0.653. The second-order valence-electron chi connectivity index (χ2n) is 9.28. The SMILES string of the molecule is Cc1cc(-c2nc(C(C)C)cc3cc(C(C)C)ccc23)c2oc3nc(C)ccc3c2c1. The van der Waals surface area contributed by atoms with E-state index in [9.17, 15) is 0 Å². The van der Waals surface area contributed by atoms with Crippen LogP contribution in [0.5, 0.6) is 0 Å². The molecular formula is C28H28N2O. The van der Waals surface area contributed by atoms with Gasteiger partial charge in [0.05, 0.1) is 5.69 Å². The summed E-state index contributed by atoms with van der Waals surface area (Å²) in [6, 6.07) is 17.5. The monoisotopic (exact) mass is 408 g/mol. The summed E-state index contributed by atoms with van der Waals surface area (Å²) in [5.74, 6) is 0.824. The van der Waals surface area contributed by atoms with Gasteiger partial charge < -0.3 is 4.42 Å². The first-order valence-electron chi connectivity index (χ1n) is 11.1. The minimum absolute atomic E-state index is 0.339. The van der Waals surface area contributed by atoms with E-state index >= 15 is 0 Å². The van der Waals surface area contributed by atoms with Crippen molar-refractivity contribution in [3.05, 3.63) is 71.0 Å². The number of benzene rings is 2. The molecule has 0 saturated heterocycles. The average Bonchev–Trinajstić information content (AvgIpc) is 3.09. The highest BCUT2D eigenvalue weighted by Gasteiger charge is 2.19. The molecule has 0 saturated carbocycles. The fraction of sp³-hybridized carbons (Fsp3) is 0.286. The molecule has 3 nitrogen and oxygen atoms in total. The highest BCUT2D eigenvalue weighted by Crippen LogP contribution is 2.39. The highest BCUT2D eigenvalue weighted by atomic mass is 16.3. The Morgan fingerprint density at radius 2 is 1.52 bits per heavy atom. The Morgan fingerprint density at radius 3 is 2.26 bits per heavy atom. The zero-order valence-electron chi connectivity index (χ0n) is 19.1. The molecule has 31 heavy (non-hydrogen) atoms. The lowest BCUT2D eigenvalue weighted by Crippen LogP contribution is -1.98. The quantitative estimate of drug-likeness (QED) is 0.303. The summed E-state index contributed by atoms with van der Waals surface area (Å²) in [4.78, 5) is 9.77. The van der Waals surface area contributed by atoms with Crippen molar-refractivity contribution >= 4 is 32.8 Å². The first-order valence-corrected chi connectivity index (χ1v) is 11.1. The summed E-state index contributed by atoms with van der Waals surface area (Å²) < 4.78 is 6.33. The van der Waals surface area contributed by atoms with E-state index in [2.05, 4.69) is 82.1 Å². The molecule has 0 fully saturated rings. The lowest BCUT2D eigenvalue weighted by Gasteiger charge is -2.14. The van der Waals surface area contributed by atoms with Crippen LogP contribution >= 0.6 is 0 Å². The van der Waals surface area contributed by atoms with Gasteiger partial charge in [-0.2, -0.15) is 0 Å². The van der Waals surface area contributed by atoms with Crippen LogP contribution in [0.4, 0.5) is 0 Å². The molecule has 3 heteroatoms. The molecule has 0 aliphatic rings. The van der Waals surface area contributed by atoms with Gasteiger partial charge in [-0.25, -0.2) is 4.98 Å². The molecule has 0 aliphatic heterocycles. The van der Waals surface area contributed by atoms with Crippen LogP contribution in [-0.2, 0) is 0 Å². The van der Waals surface area contributed by atoms with Crippen LogP contribution in [0.2, 0.25) is 0 Å². The number of nitrogens with zero attached hydrogens (tertiary/aromatic N) is 2. The van der Waals surface area contributed by atoms with E-state index in [-0.39, 0.29) is 0 Å². The van der Waals surface area contributed by atoms with Gasteiger partial charge in [-0.05, 0) is 72.5 Å². The van der Waals surface area contributed by atoms with Gasteiger partial charge in [-0.3, -0.25) is 4.98 Å². The third kappa shape index (κ3) is 3.29. The summed E-state index contributed by atoms with van der Waals surface area (Å²) in [6.45, 7) is 13.0. The van der Waals surface area contributed by atoms with Gasteiger partial charge in [0.2, 0.25) is 5.71 Å². The second kappa shape index (κ2) is 7.19. The molecule has 0 radical (unpaired) electrons. The summed E-state index contributed by atoms with van der Waals surface area (Å²) in [5, 5.41) is 4.54. The number of hydrogen-bond donors (Lipinski definition) is 0. The van der Waals surface area contributed by atoms with Gasteiger partial charge in [0.15, 0.2) is 0 Å². The molecule has 5 aromatic rings. The van der Waals surface area contributed by atoms with E-state index in [1.54, 1.807) is 0 Å². The lowest BCUT2D eigenvalue weighted by atomic mass is 9.94. The van der Waals surface area contributed by atoms with Gasteiger partial charge in [0, 0.05) is 33.1 Å². The first-order chi connectivity index (χ1) is 14.8. The van der Waals surface area contributed by atoms with Gasteiger partial charge in [-0.1, -0.05) is 45.9 Å². The van der Waals surface area contributed by atoms with Gasteiger partial charge in [0.25, 0.3) is 0 Å². The van der Waals surface area contributed by atoms with Crippen molar-refractivity contribution in [2.45, 2.75) is 53.4 Å². The van der Waals surface area contributed by atoms with E-state index in [4.69, 9.17) is 9.40 Å². The van der Waals surface area contributed by atoms with Crippen molar-refractivity contribution in [3.8, 4) is 11.3 Å².